The first-order valence-electron chi connectivity index (χ1n) is 13.0. The normalized spacial score (nSPS) is 30.2. The van der Waals surface area contributed by atoms with Gasteiger partial charge in [0, 0.05) is 40.4 Å². The summed E-state index contributed by atoms with van der Waals surface area (Å²) in [5, 5.41) is 10.6. The lowest BCUT2D eigenvalue weighted by molar-refractivity contribution is -0.145. The molecule has 1 N–H and O–H groups in total. The number of halogens is 2. The third kappa shape index (κ3) is 4.73. The third-order valence-electron chi connectivity index (χ3n) is 7.86. The molecule has 38 heavy (non-hydrogen) atoms. The molecule has 3 saturated heterocycles. The van der Waals surface area contributed by atoms with Crippen LogP contribution in [0.25, 0.3) is 0 Å². The molecule has 1 aromatic rings. The highest BCUT2D eigenvalue weighted by molar-refractivity contribution is 9.09. The Morgan fingerprint density at radius 1 is 1.26 bits per heavy atom. The molecule has 0 aromatic heterocycles. The molecular weight excluding hydrogens is 590 g/mol. The predicted molar refractivity (Wildman–Crippen MR) is 157 cm³/mol. The van der Waals surface area contributed by atoms with Crippen LogP contribution in [0.2, 0.25) is 5.02 Å². The van der Waals surface area contributed by atoms with E-state index in [-0.39, 0.29) is 41.0 Å². The highest BCUT2D eigenvalue weighted by Gasteiger charge is 2.76. The fraction of sp³-hybridized carbons (Fsp3) is 0.536. The number of hydrogen-bond donors (Lipinski definition) is 1. The fourth-order valence-corrected chi connectivity index (χ4v) is 10.1. The minimum Gasteiger partial charge on any atom is -0.394 e. The van der Waals surface area contributed by atoms with Gasteiger partial charge in [-0.1, -0.05) is 46.6 Å². The summed E-state index contributed by atoms with van der Waals surface area (Å²) in [7, 11) is 0. The van der Waals surface area contributed by atoms with Gasteiger partial charge in [0.05, 0.1) is 29.2 Å². The largest absolute Gasteiger partial charge is 0.394 e. The monoisotopic (exact) mass is 623 g/mol. The Hall–Kier alpha value is -1.81. The van der Waals surface area contributed by atoms with Crippen molar-refractivity contribution in [1.82, 2.24) is 9.80 Å². The predicted octanol–water partition coefficient (Wildman–Crippen LogP) is 4.13. The van der Waals surface area contributed by atoms with Crippen molar-refractivity contribution < 1.29 is 19.5 Å². The van der Waals surface area contributed by atoms with Crippen LogP contribution in [0.1, 0.15) is 26.7 Å². The summed E-state index contributed by atoms with van der Waals surface area (Å²) in [6.07, 6.45) is 4.72. The zero-order valence-corrected chi connectivity index (χ0v) is 24.9. The molecular formula is C28H35BrClN3O4S. The van der Waals surface area contributed by atoms with Crippen molar-refractivity contribution in [2.24, 2.45) is 11.8 Å². The van der Waals surface area contributed by atoms with Gasteiger partial charge in [-0.2, -0.15) is 0 Å². The maximum atomic E-state index is 14.5. The highest BCUT2D eigenvalue weighted by atomic mass is 79.9. The molecule has 206 valence electrons. The van der Waals surface area contributed by atoms with E-state index >= 15 is 0 Å². The lowest BCUT2D eigenvalue weighted by Crippen LogP contribution is -2.57. The van der Waals surface area contributed by atoms with Crippen LogP contribution in [0.4, 0.5) is 5.69 Å². The maximum Gasteiger partial charge on any atom is 0.251 e. The van der Waals surface area contributed by atoms with E-state index in [4.69, 9.17) is 11.6 Å². The van der Waals surface area contributed by atoms with E-state index in [1.54, 1.807) is 69.8 Å². The van der Waals surface area contributed by atoms with Gasteiger partial charge in [0.1, 0.15) is 6.04 Å². The van der Waals surface area contributed by atoms with Gasteiger partial charge < -0.3 is 19.8 Å². The first-order valence-corrected chi connectivity index (χ1v) is 15.2. The second-order valence-electron chi connectivity index (χ2n) is 10.2. The topological polar surface area (TPSA) is 81.2 Å². The third-order valence-corrected chi connectivity index (χ3v) is 11.3. The number of thioether (sulfide) groups is 1. The van der Waals surface area contributed by atoms with Crippen LogP contribution in [0.3, 0.4) is 0 Å². The van der Waals surface area contributed by atoms with Crippen molar-refractivity contribution in [3.63, 3.8) is 0 Å². The van der Waals surface area contributed by atoms with Crippen LogP contribution in [-0.4, -0.2) is 85.8 Å². The van der Waals surface area contributed by atoms with Crippen LogP contribution in [-0.2, 0) is 14.4 Å². The van der Waals surface area contributed by atoms with Crippen molar-refractivity contribution in [3.05, 3.63) is 54.6 Å². The molecule has 3 unspecified atom stereocenters. The van der Waals surface area contributed by atoms with Crippen LogP contribution >= 0.6 is 39.3 Å². The van der Waals surface area contributed by atoms with E-state index in [0.29, 0.717) is 30.2 Å². The van der Waals surface area contributed by atoms with Gasteiger partial charge in [0.15, 0.2) is 0 Å². The average molecular weight is 625 g/mol. The Kier molecular flexibility index (Phi) is 9.02. The van der Waals surface area contributed by atoms with E-state index in [2.05, 4.69) is 29.1 Å². The number of carbonyl (C=O) groups excluding carboxylic acids is 3. The van der Waals surface area contributed by atoms with Gasteiger partial charge in [-0.3, -0.25) is 14.4 Å². The highest BCUT2D eigenvalue weighted by Crippen LogP contribution is 2.68. The van der Waals surface area contributed by atoms with Crippen molar-refractivity contribution >= 4 is 62.7 Å². The van der Waals surface area contributed by atoms with Crippen LogP contribution in [0.5, 0.6) is 0 Å². The molecule has 0 saturated carbocycles. The van der Waals surface area contributed by atoms with Gasteiger partial charge in [-0.15, -0.1) is 24.9 Å². The number of amides is 3. The molecule has 3 aliphatic heterocycles. The zero-order valence-electron chi connectivity index (χ0n) is 21.8. The maximum absolute atomic E-state index is 14.5. The lowest BCUT2D eigenvalue weighted by Gasteiger charge is -2.39. The first kappa shape index (κ1) is 29.2. The molecule has 7 nitrogen and oxygen atoms in total. The molecule has 4 rings (SSSR count). The van der Waals surface area contributed by atoms with Gasteiger partial charge in [-0.25, -0.2) is 0 Å². The Balaban J connectivity index is 1.81. The Morgan fingerprint density at radius 2 is 1.92 bits per heavy atom. The Bertz CT molecular complexity index is 1100. The number of alkyl halides is 1. The number of likely N-dealkylation sites (tertiary alicyclic amines) is 1. The summed E-state index contributed by atoms with van der Waals surface area (Å²) in [4.78, 5) is 47.5. The summed E-state index contributed by atoms with van der Waals surface area (Å²) < 4.78 is -0.797. The van der Waals surface area contributed by atoms with E-state index in [1.165, 1.54) is 0 Å². The Morgan fingerprint density at radius 3 is 2.50 bits per heavy atom. The number of rotatable bonds is 11. The molecule has 1 spiro atoms. The molecule has 0 radical (unpaired) electrons. The first-order chi connectivity index (χ1) is 18.2. The minimum atomic E-state index is -0.843. The summed E-state index contributed by atoms with van der Waals surface area (Å²) in [5.41, 5.74) is 0.642. The van der Waals surface area contributed by atoms with Gasteiger partial charge in [-0.05, 0) is 44.0 Å². The van der Waals surface area contributed by atoms with E-state index < -0.39 is 28.7 Å². The van der Waals surface area contributed by atoms with Crippen molar-refractivity contribution in [3.8, 4) is 0 Å². The van der Waals surface area contributed by atoms with Crippen molar-refractivity contribution in [2.45, 2.75) is 53.6 Å². The minimum absolute atomic E-state index is 0.0271. The number of benzene rings is 1. The molecule has 0 aliphatic carbocycles. The van der Waals surface area contributed by atoms with E-state index in [0.717, 1.165) is 6.42 Å². The number of carbonyl (C=O) groups is 3. The molecule has 2 bridgehead atoms. The average Bonchev–Trinajstić information content (AvgIpc) is 3.50. The van der Waals surface area contributed by atoms with Crippen molar-refractivity contribution in [1.29, 1.82) is 0 Å². The number of hydrogen-bond acceptors (Lipinski definition) is 5. The summed E-state index contributed by atoms with van der Waals surface area (Å²) >= 11 is 11.5. The number of aliphatic hydroxyl groups is 1. The number of nitrogens with zero attached hydrogens (tertiary/aromatic N) is 3. The van der Waals surface area contributed by atoms with Crippen molar-refractivity contribution in [2.75, 3.05) is 31.1 Å². The van der Waals surface area contributed by atoms with Crippen LogP contribution in [0, 0.1) is 11.8 Å². The molecule has 3 amide bonds. The fourth-order valence-electron chi connectivity index (χ4n) is 6.34. The summed E-state index contributed by atoms with van der Waals surface area (Å²) in [5.74, 6) is -1.77. The molecule has 3 aliphatic rings. The Labute approximate surface area is 242 Å². The lowest BCUT2D eigenvalue weighted by atomic mass is 9.70. The van der Waals surface area contributed by atoms with Crippen LogP contribution < -0.4 is 4.90 Å². The number of fused-ring (bicyclic) bond motifs is 1. The van der Waals surface area contributed by atoms with Gasteiger partial charge in [0.25, 0.3) is 5.91 Å². The quantitative estimate of drug-likeness (QED) is 0.296. The zero-order chi connectivity index (χ0) is 27.8. The van der Waals surface area contributed by atoms with Crippen LogP contribution in [0.15, 0.2) is 49.6 Å². The summed E-state index contributed by atoms with van der Waals surface area (Å²) in [6, 6.07) is 5.55. The summed E-state index contributed by atoms with van der Waals surface area (Å²) in [6.45, 7) is 12.3. The SMILES string of the molecule is C=CCN(CCC)C(=O)[C@H]1[C@H]2C(=O)N([C@H](C)CO)C(C(=O)N(CC=C)c3ccc(Cl)cc3)C23CC(Br)[C@@H]1S3. The standard InChI is InChI=1S/C28H35BrClN3O4S/c1-5-12-31(13-6-2)25(35)21-22-26(36)33(17(4)16-34)24(28(22)15-20(29)23(21)38-28)27(37)32(14-7-3)19-10-8-18(30)9-11-19/h5,7-11,17,20-24,34H,1,3,6,12-16H2,2,4H3/t17-,20?,21+,22+,23+,24?,28?/m1/s1. The molecule has 3 fully saturated rings. The van der Waals surface area contributed by atoms with E-state index in [9.17, 15) is 19.5 Å². The van der Waals surface area contributed by atoms with Gasteiger partial charge >= 0.3 is 0 Å². The second kappa shape index (κ2) is 11.7. The molecule has 3 heterocycles. The molecule has 1 aromatic carbocycles. The molecule has 7 atom stereocenters. The second-order valence-corrected chi connectivity index (χ2v) is 13.4. The van der Waals surface area contributed by atoms with E-state index in [1.807, 2.05) is 6.92 Å². The number of anilines is 1. The molecule has 10 heteroatoms. The number of aliphatic hydroxyl groups excluding tert-OH is 1. The smallest absolute Gasteiger partial charge is 0.251 e. The van der Waals surface area contributed by atoms with Gasteiger partial charge in [0.2, 0.25) is 11.8 Å².